The van der Waals surface area contributed by atoms with E-state index in [0.717, 1.165) is 83.6 Å². The molecule has 4 heterocycles. The molecule has 0 saturated heterocycles. The van der Waals surface area contributed by atoms with Gasteiger partial charge in [-0.05, 0) is 53.6 Å². The van der Waals surface area contributed by atoms with Crippen molar-refractivity contribution in [3.63, 3.8) is 0 Å². The third kappa shape index (κ3) is 5.04. The zero-order chi connectivity index (χ0) is 31.9. The number of para-hydroxylation sites is 2. The molecule has 0 fully saturated rings. The smallest absolute Gasteiger partial charge is 0.0973 e. The highest BCUT2D eigenvalue weighted by molar-refractivity contribution is 6.04. The van der Waals surface area contributed by atoms with Gasteiger partial charge in [-0.1, -0.05) is 115 Å². The number of rotatable bonds is 5. The van der Waals surface area contributed by atoms with Gasteiger partial charge in [0.05, 0.1) is 50.5 Å². The molecule has 0 aliphatic rings. The summed E-state index contributed by atoms with van der Waals surface area (Å²) >= 11 is 0. The Labute approximate surface area is 277 Å². The summed E-state index contributed by atoms with van der Waals surface area (Å²) < 4.78 is 0. The van der Waals surface area contributed by atoms with Crippen molar-refractivity contribution in [2.75, 3.05) is 0 Å². The standard InChI is InChI=1S/C43H27N5/c1-2-9-28(10-3-1)29-16-18-30(19-17-29)42-43(47-38-15-5-4-14-37(38)46-42)34-12-8-11-33(27-34)35-24-22-31-20-21-32-23-25-39(36-13-6-7-26-44-36)48-41(32)40(31)45-35/h1-27H. The fourth-order valence-electron chi connectivity index (χ4n) is 6.26. The van der Waals surface area contributed by atoms with E-state index in [4.69, 9.17) is 19.9 Å². The molecule has 9 aromatic rings. The molecule has 9 rings (SSSR count). The van der Waals surface area contributed by atoms with Crippen LogP contribution in [-0.2, 0) is 0 Å². The molecule has 224 valence electrons. The Balaban J connectivity index is 1.16. The summed E-state index contributed by atoms with van der Waals surface area (Å²) in [6, 6.07) is 53.8. The number of pyridine rings is 3. The molecule has 5 nitrogen and oxygen atoms in total. The molecule has 0 radical (unpaired) electrons. The van der Waals surface area contributed by atoms with Crippen LogP contribution >= 0.6 is 0 Å². The Bertz CT molecular complexity index is 2600. The Kier molecular flexibility index (Phi) is 6.72. The SMILES string of the molecule is c1ccc(-c2ccc(-c3nc4ccccc4nc3-c3cccc(-c4ccc5ccc6ccc(-c7ccccn7)nc6c5n4)c3)cc2)cc1. The van der Waals surface area contributed by atoms with Gasteiger partial charge in [-0.2, -0.15) is 0 Å². The monoisotopic (exact) mass is 613 g/mol. The van der Waals surface area contributed by atoms with Crippen LogP contribution < -0.4 is 0 Å². The lowest BCUT2D eigenvalue weighted by atomic mass is 9.98. The summed E-state index contributed by atoms with van der Waals surface area (Å²) in [4.78, 5) is 25.0. The summed E-state index contributed by atoms with van der Waals surface area (Å²) in [6.07, 6.45) is 1.79. The molecule has 0 atom stereocenters. The maximum absolute atomic E-state index is 5.19. The number of benzene rings is 5. The van der Waals surface area contributed by atoms with Gasteiger partial charge in [-0.3, -0.25) is 4.98 Å². The van der Waals surface area contributed by atoms with Crippen LogP contribution in [-0.4, -0.2) is 24.9 Å². The molecule has 0 N–H and O–H groups in total. The average molecular weight is 614 g/mol. The van der Waals surface area contributed by atoms with Gasteiger partial charge >= 0.3 is 0 Å². The number of aromatic nitrogens is 5. The molecule has 0 amide bonds. The molecule has 5 aromatic carbocycles. The number of hydrogen-bond acceptors (Lipinski definition) is 5. The quantitative estimate of drug-likeness (QED) is 0.181. The molecule has 0 bridgehead atoms. The average Bonchev–Trinajstić information content (AvgIpc) is 3.17. The second kappa shape index (κ2) is 11.6. The van der Waals surface area contributed by atoms with Gasteiger partial charge in [-0.25, -0.2) is 19.9 Å². The van der Waals surface area contributed by atoms with Crippen LogP contribution in [0.1, 0.15) is 0 Å². The van der Waals surface area contributed by atoms with Crippen LogP contribution in [0.15, 0.2) is 164 Å². The summed E-state index contributed by atoms with van der Waals surface area (Å²) in [7, 11) is 0. The first-order valence-electron chi connectivity index (χ1n) is 15.9. The largest absolute Gasteiger partial charge is 0.255 e. The molecule has 5 heteroatoms. The maximum atomic E-state index is 5.19. The predicted octanol–water partition coefficient (Wildman–Crippen LogP) is 10.5. The van der Waals surface area contributed by atoms with Crippen molar-refractivity contribution in [3.05, 3.63) is 164 Å². The number of hydrogen-bond donors (Lipinski definition) is 0. The zero-order valence-electron chi connectivity index (χ0n) is 25.8. The molecule has 0 aliphatic carbocycles. The predicted molar refractivity (Wildman–Crippen MR) is 195 cm³/mol. The van der Waals surface area contributed by atoms with Crippen LogP contribution in [0.5, 0.6) is 0 Å². The third-order valence-corrected chi connectivity index (χ3v) is 8.71. The Morgan fingerprint density at radius 2 is 0.854 bits per heavy atom. The van der Waals surface area contributed by atoms with E-state index in [9.17, 15) is 0 Å². The van der Waals surface area contributed by atoms with Crippen LogP contribution in [0.2, 0.25) is 0 Å². The van der Waals surface area contributed by atoms with E-state index in [1.807, 2.05) is 54.6 Å². The molecule has 0 saturated carbocycles. The Morgan fingerprint density at radius 3 is 1.56 bits per heavy atom. The van der Waals surface area contributed by atoms with Gasteiger partial charge in [0.1, 0.15) is 0 Å². The van der Waals surface area contributed by atoms with E-state index in [0.29, 0.717) is 0 Å². The lowest BCUT2D eigenvalue weighted by molar-refractivity contribution is 1.27. The van der Waals surface area contributed by atoms with Crippen molar-refractivity contribution in [3.8, 4) is 56.3 Å². The van der Waals surface area contributed by atoms with E-state index in [1.165, 1.54) is 5.56 Å². The van der Waals surface area contributed by atoms with Crippen LogP contribution in [0.3, 0.4) is 0 Å². The van der Waals surface area contributed by atoms with Crippen molar-refractivity contribution < 1.29 is 0 Å². The van der Waals surface area contributed by atoms with Crippen LogP contribution in [0.25, 0.3) is 89.1 Å². The highest BCUT2D eigenvalue weighted by Gasteiger charge is 2.15. The minimum atomic E-state index is 0.823. The molecular formula is C43H27N5. The summed E-state index contributed by atoms with van der Waals surface area (Å²) in [5.41, 5.74) is 12.9. The first-order valence-corrected chi connectivity index (χ1v) is 15.9. The van der Waals surface area contributed by atoms with Crippen LogP contribution in [0, 0.1) is 0 Å². The van der Waals surface area contributed by atoms with Gasteiger partial charge in [0.25, 0.3) is 0 Å². The van der Waals surface area contributed by atoms with Crippen LogP contribution in [0.4, 0.5) is 0 Å². The fourth-order valence-corrected chi connectivity index (χ4v) is 6.26. The highest BCUT2D eigenvalue weighted by Crippen LogP contribution is 2.35. The zero-order valence-corrected chi connectivity index (χ0v) is 25.8. The lowest BCUT2D eigenvalue weighted by Gasteiger charge is -2.13. The Morgan fingerprint density at radius 1 is 0.312 bits per heavy atom. The van der Waals surface area contributed by atoms with E-state index in [-0.39, 0.29) is 0 Å². The molecule has 4 aromatic heterocycles. The van der Waals surface area contributed by atoms with Gasteiger partial charge in [0, 0.05) is 33.7 Å². The molecule has 0 aliphatic heterocycles. The minimum Gasteiger partial charge on any atom is -0.255 e. The summed E-state index contributed by atoms with van der Waals surface area (Å²) in [6.45, 7) is 0. The van der Waals surface area contributed by atoms with Gasteiger partial charge in [0.15, 0.2) is 0 Å². The molecule has 0 unspecified atom stereocenters. The minimum absolute atomic E-state index is 0.823. The van der Waals surface area contributed by atoms with E-state index < -0.39 is 0 Å². The van der Waals surface area contributed by atoms with Gasteiger partial charge in [-0.15, -0.1) is 0 Å². The van der Waals surface area contributed by atoms with Crippen molar-refractivity contribution >= 4 is 32.8 Å². The topological polar surface area (TPSA) is 64.5 Å². The molecule has 48 heavy (non-hydrogen) atoms. The van der Waals surface area contributed by atoms with E-state index in [2.05, 4.69) is 108 Å². The first kappa shape index (κ1) is 27.7. The normalized spacial score (nSPS) is 11.3. The van der Waals surface area contributed by atoms with Gasteiger partial charge in [0.2, 0.25) is 0 Å². The Hall–Kier alpha value is -6.59. The van der Waals surface area contributed by atoms with Crippen molar-refractivity contribution in [2.24, 2.45) is 0 Å². The third-order valence-electron chi connectivity index (χ3n) is 8.71. The molecular weight excluding hydrogens is 587 g/mol. The summed E-state index contributed by atoms with van der Waals surface area (Å²) in [5.74, 6) is 0. The van der Waals surface area contributed by atoms with E-state index in [1.54, 1.807) is 6.20 Å². The maximum Gasteiger partial charge on any atom is 0.0973 e. The number of fused-ring (bicyclic) bond motifs is 4. The van der Waals surface area contributed by atoms with Crippen molar-refractivity contribution in [2.45, 2.75) is 0 Å². The first-order chi connectivity index (χ1) is 23.8. The lowest BCUT2D eigenvalue weighted by Crippen LogP contribution is -1.96. The van der Waals surface area contributed by atoms with E-state index >= 15 is 0 Å². The second-order valence-electron chi connectivity index (χ2n) is 11.8. The van der Waals surface area contributed by atoms with Crippen molar-refractivity contribution in [1.29, 1.82) is 0 Å². The van der Waals surface area contributed by atoms with Crippen molar-refractivity contribution in [1.82, 2.24) is 24.9 Å². The number of nitrogens with zero attached hydrogens (tertiary/aromatic N) is 5. The fraction of sp³-hybridized carbons (Fsp3) is 0. The van der Waals surface area contributed by atoms with Gasteiger partial charge < -0.3 is 0 Å². The highest BCUT2D eigenvalue weighted by atomic mass is 14.8. The summed E-state index contributed by atoms with van der Waals surface area (Å²) in [5, 5.41) is 2.07. The second-order valence-corrected chi connectivity index (χ2v) is 11.8. The molecule has 0 spiro atoms.